The summed E-state index contributed by atoms with van der Waals surface area (Å²) < 4.78 is 6.39. The molecule has 0 radical (unpaired) electrons. The molecule has 0 bridgehead atoms. The number of halogens is 1. The predicted molar refractivity (Wildman–Crippen MR) is 65.4 cm³/mol. The maximum atomic E-state index is 5.51. The first kappa shape index (κ1) is 10.7. The Kier molecular flexibility index (Phi) is 3.11. The Morgan fingerprint density at radius 1 is 1.53 bits per heavy atom. The second-order valence-corrected chi connectivity index (χ2v) is 4.97. The minimum absolute atomic E-state index is 0.744. The van der Waals surface area contributed by atoms with Crippen LogP contribution in [-0.2, 0) is 6.54 Å². The fourth-order valence-corrected chi connectivity index (χ4v) is 2.51. The summed E-state index contributed by atoms with van der Waals surface area (Å²) in [4.78, 5) is 6.40. The Bertz CT molecular complexity index is 452. The van der Waals surface area contributed by atoms with Crippen LogP contribution < -0.4 is 4.90 Å². The lowest BCUT2D eigenvalue weighted by atomic mass is 10.4. The van der Waals surface area contributed by atoms with Crippen molar-refractivity contribution in [2.24, 2.45) is 0 Å². The van der Waals surface area contributed by atoms with E-state index in [-0.39, 0.29) is 0 Å². The van der Waals surface area contributed by atoms with Crippen LogP contribution in [0.1, 0.15) is 11.5 Å². The molecule has 0 atom stereocenters. The van der Waals surface area contributed by atoms with Crippen LogP contribution in [0.5, 0.6) is 0 Å². The molecule has 0 saturated heterocycles. The monoisotopic (exact) mass is 286 g/mol. The molecule has 0 aliphatic heterocycles. The second kappa shape index (κ2) is 4.37. The summed E-state index contributed by atoms with van der Waals surface area (Å²) in [7, 11) is 2.00. The molecule has 15 heavy (non-hydrogen) atoms. The molecular weight excluding hydrogens is 276 g/mol. The molecule has 3 nitrogen and oxygen atoms in total. The highest BCUT2D eigenvalue weighted by atomic mass is 79.9. The van der Waals surface area contributed by atoms with Gasteiger partial charge in [0.2, 0.25) is 0 Å². The van der Waals surface area contributed by atoms with Crippen molar-refractivity contribution in [1.29, 1.82) is 0 Å². The summed E-state index contributed by atoms with van der Waals surface area (Å²) in [6.45, 7) is 2.69. The van der Waals surface area contributed by atoms with Crippen LogP contribution >= 0.6 is 27.3 Å². The number of aromatic nitrogens is 1. The number of hydrogen-bond donors (Lipinski definition) is 0. The van der Waals surface area contributed by atoms with Gasteiger partial charge in [-0.1, -0.05) is 0 Å². The van der Waals surface area contributed by atoms with Gasteiger partial charge in [0.1, 0.15) is 16.1 Å². The minimum Gasteiger partial charge on any atom is -0.464 e. The molecule has 80 valence electrons. The zero-order chi connectivity index (χ0) is 10.8. The first-order valence-electron chi connectivity index (χ1n) is 4.52. The normalized spacial score (nSPS) is 10.6. The molecule has 0 spiro atoms. The van der Waals surface area contributed by atoms with E-state index in [4.69, 9.17) is 4.42 Å². The smallest absolute Gasteiger partial charge is 0.186 e. The zero-order valence-corrected chi connectivity index (χ0v) is 10.9. The summed E-state index contributed by atoms with van der Waals surface area (Å²) >= 11 is 4.95. The number of furan rings is 1. The Morgan fingerprint density at radius 3 is 2.87 bits per heavy atom. The third-order valence-corrected chi connectivity index (χ3v) is 3.64. The first-order chi connectivity index (χ1) is 7.15. The van der Waals surface area contributed by atoms with Crippen LogP contribution in [-0.4, -0.2) is 12.0 Å². The molecule has 0 aliphatic carbocycles. The molecule has 0 fully saturated rings. The molecule has 0 unspecified atom stereocenters. The van der Waals surface area contributed by atoms with Gasteiger partial charge in [0.25, 0.3) is 0 Å². The van der Waals surface area contributed by atoms with Crippen molar-refractivity contribution in [3.05, 3.63) is 33.6 Å². The van der Waals surface area contributed by atoms with Crippen LogP contribution in [0.2, 0.25) is 0 Å². The Morgan fingerprint density at radius 2 is 2.33 bits per heavy atom. The van der Waals surface area contributed by atoms with Crippen molar-refractivity contribution >= 4 is 32.4 Å². The van der Waals surface area contributed by atoms with Gasteiger partial charge in [-0.15, -0.1) is 11.3 Å². The van der Waals surface area contributed by atoms with Crippen LogP contribution in [0.3, 0.4) is 0 Å². The standard InChI is InChI=1S/C10H11BrN2OS/c1-7-3-4-8(14-7)5-13(2)10-12-9(11)6-15-10/h3-4,6H,5H2,1-2H3. The lowest BCUT2D eigenvalue weighted by Crippen LogP contribution is -2.15. The molecule has 5 heteroatoms. The Labute approximate surface area is 101 Å². The van der Waals surface area contributed by atoms with Gasteiger partial charge in [0.15, 0.2) is 5.13 Å². The number of thiazole rings is 1. The van der Waals surface area contributed by atoms with Gasteiger partial charge in [-0.3, -0.25) is 0 Å². The van der Waals surface area contributed by atoms with Gasteiger partial charge < -0.3 is 9.32 Å². The van der Waals surface area contributed by atoms with E-state index in [1.807, 2.05) is 31.5 Å². The van der Waals surface area contributed by atoms with Crippen molar-refractivity contribution < 1.29 is 4.42 Å². The highest BCUT2D eigenvalue weighted by molar-refractivity contribution is 9.10. The molecule has 0 amide bonds. The van der Waals surface area contributed by atoms with E-state index < -0.39 is 0 Å². The summed E-state index contributed by atoms with van der Waals surface area (Å²) in [5, 5.41) is 2.95. The van der Waals surface area contributed by atoms with Crippen LogP contribution in [0.4, 0.5) is 5.13 Å². The topological polar surface area (TPSA) is 29.3 Å². The lowest BCUT2D eigenvalue weighted by Gasteiger charge is -2.13. The SMILES string of the molecule is Cc1ccc(CN(C)c2nc(Br)cs2)o1. The zero-order valence-electron chi connectivity index (χ0n) is 8.53. The highest BCUT2D eigenvalue weighted by Crippen LogP contribution is 2.24. The Balaban J connectivity index is 2.06. The lowest BCUT2D eigenvalue weighted by molar-refractivity contribution is 0.481. The van der Waals surface area contributed by atoms with Crippen LogP contribution in [0, 0.1) is 6.92 Å². The van der Waals surface area contributed by atoms with Gasteiger partial charge in [0, 0.05) is 12.4 Å². The summed E-state index contributed by atoms with van der Waals surface area (Å²) in [5.41, 5.74) is 0. The maximum absolute atomic E-state index is 5.51. The molecule has 2 heterocycles. The third-order valence-electron chi connectivity index (χ3n) is 1.98. The van der Waals surface area contributed by atoms with E-state index in [0.717, 1.165) is 27.8 Å². The van der Waals surface area contributed by atoms with Gasteiger partial charge in [-0.05, 0) is 35.0 Å². The van der Waals surface area contributed by atoms with Gasteiger partial charge >= 0.3 is 0 Å². The molecule has 2 rings (SSSR count). The van der Waals surface area contributed by atoms with E-state index in [1.165, 1.54) is 0 Å². The number of anilines is 1. The van der Waals surface area contributed by atoms with Crippen molar-refractivity contribution in [3.63, 3.8) is 0 Å². The van der Waals surface area contributed by atoms with Crippen LogP contribution in [0.25, 0.3) is 0 Å². The predicted octanol–water partition coefficient (Wildman–Crippen LogP) is 3.44. The first-order valence-corrected chi connectivity index (χ1v) is 6.20. The minimum atomic E-state index is 0.744. The van der Waals surface area contributed by atoms with Gasteiger partial charge in [-0.25, -0.2) is 4.98 Å². The fraction of sp³-hybridized carbons (Fsp3) is 0.300. The second-order valence-electron chi connectivity index (χ2n) is 3.32. The van der Waals surface area contributed by atoms with Crippen molar-refractivity contribution in [2.75, 3.05) is 11.9 Å². The van der Waals surface area contributed by atoms with E-state index in [1.54, 1.807) is 11.3 Å². The van der Waals surface area contributed by atoms with E-state index in [9.17, 15) is 0 Å². The van der Waals surface area contributed by atoms with Crippen LogP contribution in [0.15, 0.2) is 26.5 Å². The fourth-order valence-electron chi connectivity index (χ4n) is 1.29. The molecule has 0 aromatic carbocycles. The molecule has 0 N–H and O–H groups in total. The molecule has 2 aromatic heterocycles. The summed E-state index contributed by atoms with van der Waals surface area (Å²) in [6, 6.07) is 3.97. The van der Waals surface area contributed by atoms with E-state index >= 15 is 0 Å². The van der Waals surface area contributed by atoms with Crippen molar-refractivity contribution in [2.45, 2.75) is 13.5 Å². The average molecular weight is 287 g/mol. The maximum Gasteiger partial charge on any atom is 0.186 e. The molecular formula is C10H11BrN2OS. The largest absolute Gasteiger partial charge is 0.464 e. The molecule has 2 aromatic rings. The average Bonchev–Trinajstić information content (AvgIpc) is 2.75. The van der Waals surface area contributed by atoms with E-state index in [2.05, 4.69) is 25.8 Å². The molecule has 0 aliphatic rings. The molecule has 0 saturated carbocycles. The number of rotatable bonds is 3. The summed E-state index contributed by atoms with van der Waals surface area (Å²) in [6.07, 6.45) is 0. The number of hydrogen-bond acceptors (Lipinski definition) is 4. The Hall–Kier alpha value is -0.810. The number of nitrogens with zero attached hydrogens (tertiary/aromatic N) is 2. The van der Waals surface area contributed by atoms with Crippen molar-refractivity contribution in [3.8, 4) is 0 Å². The highest BCUT2D eigenvalue weighted by Gasteiger charge is 2.08. The summed E-state index contributed by atoms with van der Waals surface area (Å²) in [5.74, 6) is 1.90. The third kappa shape index (κ3) is 2.60. The van der Waals surface area contributed by atoms with Crippen molar-refractivity contribution in [1.82, 2.24) is 4.98 Å². The van der Waals surface area contributed by atoms with Gasteiger partial charge in [0.05, 0.1) is 6.54 Å². The van der Waals surface area contributed by atoms with Gasteiger partial charge in [-0.2, -0.15) is 0 Å². The number of aryl methyl sites for hydroxylation is 1. The quantitative estimate of drug-likeness (QED) is 0.866. The van der Waals surface area contributed by atoms with E-state index in [0.29, 0.717) is 0 Å².